The molecule has 6 rings (SSSR count). The van der Waals surface area contributed by atoms with Crippen molar-refractivity contribution in [2.75, 3.05) is 6.61 Å². The van der Waals surface area contributed by atoms with Crippen LogP contribution >= 0.6 is 0 Å². The fourth-order valence-electron chi connectivity index (χ4n) is 9.74. The van der Waals surface area contributed by atoms with Crippen LogP contribution in [0.15, 0.2) is 71.8 Å². The van der Waals surface area contributed by atoms with E-state index in [-0.39, 0.29) is 29.7 Å². The van der Waals surface area contributed by atoms with Crippen molar-refractivity contribution in [2.24, 2.45) is 16.7 Å². The number of urea groups is 1. The number of aliphatic hydroxyl groups excluding tert-OH is 2. The van der Waals surface area contributed by atoms with E-state index in [0.29, 0.717) is 5.56 Å². The second-order valence-electron chi connectivity index (χ2n) is 18.3. The van der Waals surface area contributed by atoms with Crippen molar-refractivity contribution in [3.63, 3.8) is 0 Å². The van der Waals surface area contributed by atoms with Crippen molar-refractivity contribution < 1.29 is 72.6 Å². The van der Waals surface area contributed by atoms with Gasteiger partial charge in [-0.15, -0.1) is 0 Å². The van der Waals surface area contributed by atoms with Crippen molar-refractivity contribution in [1.82, 2.24) is 10.8 Å². The summed E-state index contributed by atoms with van der Waals surface area (Å²) in [4.78, 5) is 88.3. The van der Waals surface area contributed by atoms with E-state index in [2.05, 4.69) is 10.8 Å². The minimum atomic E-state index is -2.40. The summed E-state index contributed by atoms with van der Waals surface area (Å²) in [5.41, 5.74) is -5.96. The monoisotopic (exact) mass is 864 g/mol. The fraction of sp³-hybridized carbons (Fsp3) is 0.556. The van der Waals surface area contributed by atoms with E-state index in [1.165, 1.54) is 26.0 Å². The molecule has 2 amide bonds. The van der Waals surface area contributed by atoms with E-state index in [1.54, 1.807) is 83.1 Å². The zero-order chi connectivity index (χ0) is 45.7. The Morgan fingerprint density at radius 2 is 1.52 bits per heavy atom. The van der Waals surface area contributed by atoms with Gasteiger partial charge in [-0.2, -0.15) is 0 Å². The first-order chi connectivity index (χ1) is 28.9. The van der Waals surface area contributed by atoms with Gasteiger partial charge in [-0.3, -0.25) is 19.2 Å². The molecule has 336 valence electrons. The minimum Gasteiger partial charge on any atom is -0.456 e. The normalized spacial score (nSPS) is 32.2. The van der Waals surface area contributed by atoms with Crippen molar-refractivity contribution in [1.29, 1.82) is 0 Å². The number of ether oxygens (including phenoxy) is 5. The van der Waals surface area contributed by atoms with Gasteiger partial charge in [0.15, 0.2) is 23.6 Å². The Labute approximate surface area is 359 Å². The molecule has 2 bridgehead atoms. The molecule has 1 heterocycles. The van der Waals surface area contributed by atoms with E-state index in [0.717, 1.165) is 13.8 Å². The number of carbonyl (C=O) groups is 6. The maximum absolute atomic E-state index is 15.5. The lowest BCUT2D eigenvalue weighted by Gasteiger charge is -2.67. The SMILES string of the molecule is CC(=O)O[C@H]1C(=O)[C@@]2(C)[C@H]([C@H](OC(=O)c3ccccc3)[C@]3(O)C[C@H](OC(=O)[C@H](O)[C@@H](NC(=O)NOC(C)(C)C)c4ccccc4)C(C)=C1C3(C)C)[C@]1(OC(C)=O)CO[C@@H]1C[C@@H]2O. The van der Waals surface area contributed by atoms with E-state index in [4.69, 9.17) is 28.5 Å². The highest BCUT2D eigenvalue weighted by Crippen LogP contribution is 2.64. The summed E-state index contributed by atoms with van der Waals surface area (Å²) in [6, 6.07) is 13.6. The lowest BCUT2D eigenvalue weighted by molar-refractivity contribution is -0.346. The Balaban J connectivity index is 1.52. The van der Waals surface area contributed by atoms with Crippen LogP contribution in [0.4, 0.5) is 4.79 Å². The van der Waals surface area contributed by atoms with Crippen LogP contribution in [0.25, 0.3) is 0 Å². The molecule has 17 heteroatoms. The maximum atomic E-state index is 15.5. The van der Waals surface area contributed by atoms with Crippen molar-refractivity contribution in [3.05, 3.63) is 82.9 Å². The molecule has 4 aliphatic rings. The second-order valence-corrected chi connectivity index (χ2v) is 18.3. The molecule has 11 atom stereocenters. The number of amides is 2. The van der Waals surface area contributed by atoms with Crippen molar-refractivity contribution in [2.45, 2.75) is 135 Å². The molecule has 2 saturated carbocycles. The molecule has 1 aliphatic heterocycles. The lowest BCUT2D eigenvalue weighted by atomic mass is 9.44. The zero-order valence-electron chi connectivity index (χ0n) is 36.3. The van der Waals surface area contributed by atoms with E-state index in [9.17, 15) is 39.3 Å². The molecule has 2 aromatic rings. The number of aliphatic hydroxyl groups is 3. The van der Waals surface area contributed by atoms with Gasteiger partial charge in [0.05, 0.1) is 41.3 Å². The predicted octanol–water partition coefficient (Wildman–Crippen LogP) is 3.34. The van der Waals surface area contributed by atoms with Crippen LogP contribution in [0.2, 0.25) is 0 Å². The summed E-state index contributed by atoms with van der Waals surface area (Å²) < 4.78 is 30.2. The topological polar surface area (TPSA) is 243 Å². The molecular formula is C45H56N2O15. The second kappa shape index (κ2) is 16.8. The van der Waals surface area contributed by atoms with Crippen LogP contribution in [0, 0.1) is 16.7 Å². The lowest BCUT2D eigenvalue weighted by Crippen LogP contribution is -2.82. The van der Waals surface area contributed by atoms with Crippen molar-refractivity contribution >= 4 is 35.7 Å². The summed E-state index contributed by atoms with van der Waals surface area (Å²) in [5, 5.41) is 39.9. The number of hydrogen-bond donors (Lipinski definition) is 5. The Morgan fingerprint density at radius 1 is 0.903 bits per heavy atom. The van der Waals surface area contributed by atoms with Crippen LogP contribution in [0.1, 0.15) is 97.1 Å². The van der Waals surface area contributed by atoms with E-state index in [1.807, 2.05) is 0 Å². The number of hydroxylamine groups is 1. The number of nitrogens with one attached hydrogen (secondary N) is 2. The predicted molar refractivity (Wildman–Crippen MR) is 216 cm³/mol. The van der Waals surface area contributed by atoms with Gasteiger partial charge in [-0.25, -0.2) is 19.9 Å². The number of fused-ring (bicyclic) bond motifs is 5. The third kappa shape index (κ3) is 8.12. The summed E-state index contributed by atoms with van der Waals surface area (Å²) in [6.45, 7) is 13.0. The Kier molecular flexibility index (Phi) is 12.6. The molecule has 62 heavy (non-hydrogen) atoms. The van der Waals surface area contributed by atoms with Gasteiger partial charge in [0.1, 0.15) is 23.9 Å². The molecule has 0 unspecified atom stereocenters. The summed E-state index contributed by atoms with van der Waals surface area (Å²) in [5.74, 6) is -6.33. The number of rotatable bonds is 10. The maximum Gasteiger partial charge on any atom is 0.339 e. The third-order valence-corrected chi connectivity index (χ3v) is 12.9. The van der Waals surface area contributed by atoms with Crippen LogP contribution < -0.4 is 10.8 Å². The molecule has 17 nitrogen and oxygen atoms in total. The smallest absolute Gasteiger partial charge is 0.339 e. The molecule has 3 aliphatic carbocycles. The molecular weight excluding hydrogens is 808 g/mol. The van der Waals surface area contributed by atoms with Crippen LogP contribution in [0.5, 0.6) is 0 Å². The van der Waals surface area contributed by atoms with Gasteiger partial charge in [-0.05, 0) is 63.5 Å². The number of esters is 4. The molecule has 3 fully saturated rings. The number of hydrogen-bond acceptors (Lipinski definition) is 15. The first-order valence-corrected chi connectivity index (χ1v) is 20.5. The van der Waals surface area contributed by atoms with Gasteiger partial charge in [0, 0.05) is 32.1 Å². The molecule has 0 spiro atoms. The number of benzene rings is 2. The van der Waals surface area contributed by atoms with Gasteiger partial charge < -0.3 is 44.3 Å². The number of carbonyl (C=O) groups excluding carboxylic acids is 6. The Morgan fingerprint density at radius 3 is 2.06 bits per heavy atom. The molecule has 5 N–H and O–H groups in total. The highest BCUT2D eigenvalue weighted by molar-refractivity contribution is 5.95. The van der Waals surface area contributed by atoms with Gasteiger partial charge in [0.2, 0.25) is 0 Å². The fourth-order valence-corrected chi connectivity index (χ4v) is 9.74. The van der Waals surface area contributed by atoms with Gasteiger partial charge in [0.25, 0.3) is 0 Å². The quantitative estimate of drug-likeness (QED) is 0.0996. The summed E-state index contributed by atoms with van der Waals surface area (Å²) >= 11 is 0. The van der Waals surface area contributed by atoms with E-state index >= 15 is 4.79 Å². The van der Waals surface area contributed by atoms with Crippen LogP contribution in [-0.4, -0.2) is 111 Å². The average Bonchev–Trinajstić information content (AvgIpc) is 3.20. The van der Waals surface area contributed by atoms with Crippen molar-refractivity contribution in [3.8, 4) is 0 Å². The Hall–Kier alpha value is -5.20. The first kappa shape index (κ1) is 46.3. The number of ketones is 1. The van der Waals surface area contributed by atoms with E-state index < -0.39 is 118 Å². The van der Waals surface area contributed by atoms with Crippen LogP contribution in [0.3, 0.4) is 0 Å². The zero-order valence-corrected chi connectivity index (χ0v) is 36.3. The first-order valence-electron chi connectivity index (χ1n) is 20.5. The highest BCUT2D eigenvalue weighted by Gasteiger charge is 2.78. The standard InChI is InChI=1S/C45H56N2O15/c1-23-28(59-39(54)33(51)32(26-16-12-10-13-17-26)46-40(55)47-62-41(4,5)6)21-45(56)37(60-38(53)27-18-14-11-15-19-27)35-43(9,29(50)20-30-44(35,22-57-30)61-25(3)49)36(52)34(58-24(2)48)31(23)42(45,7)8/h10-19,28-30,32-35,37,50-51,56H,20-22H2,1-9H3,(H2,46,47,55)/t28-,29-,30+,32-,33+,34+,35-,37-,43+,44-,45+/m0/s1. The Bertz CT molecular complexity index is 2120. The number of Topliss-reactive ketones (excluding diaryl/α,β-unsaturated/α-hetero) is 1. The molecule has 0 aromatic heterocycles. The molecule has 2 aromatic carbocycles. The van der Waals surface area contributed by atoms with Gasteiger partial charge in [-0.1, -0.05) is 62.4 Å². The van der Waals surface area contributed by atoms with Crippen LogP contribution in [-0.2, 0) is 47.7 Å². The molecule has 0 radical (unpaired) electrons. The highest BCUT2D eigenvalue weighted by atomic mass is 16.7. The van der Waals surface area contributed by atoms with Gasteiger partial charge >= 0.3 is 29.9 Å². The minimum absolute atomic E-state index is 0.0173. The summed E-state index contributed by atoms with van der Waals surface area (Å²) in [7, 11) is 0. The summed E-state index contributed by atoms with van der Waals surface area (Å²) in [6.07, 6.45) is -10.6. The largest absolute Gasteiger partial charge is 0.456 e. The third-order valence-electron chi connectivity index (χ3n) is 12.9. The molecule has 1 saturated heterocycles. The average molecular weight is 865 g/mol.